The van der Waals surface area contributed by atoms with Crippen molar-refractivity contribution in [2.24, 2.45) is 5.92 Å². The summed E-state index contributed by atoms with van der Waals surface area (Å²) in [5.74, 6) is 2.22. The third-order valence-corrected chi connectivity index (χ3v) is 8.78. The molecule has 9 nitrogen and oxygen atoms in total. The normalized spacial score (nSPS) is 21.6. The lowest BCUT2D eigenvalue weighted by molar-refractivity contribution is -0.135. The van der Waals surface area contributed by atoms with Gasteiger partial charge in [-0.2, -0.15) is 0 Å². The maximum atomic E-state index is 12.9. The van der Waals surface area contributed by atoms with E-state index in [1.54, 1.807) is 0 Å². The van der Waals surface area contributed by atoms with E-state index >= 15 is 0 Å². The zero-order chi connectivity index (χ0) is 25.3. The molecule has 1 aromatic carbocycles. The lowest BCUT2D eigenvalue weighted by Gasteiger charge is -2.32. The van der Waals surface area contributed by atoms with E-state index in [9.17, 15) is 13.2 Å². The number of hydrogen-bond acceptors (Lipinski definition) is 8. The number of pyridine rings is 1. The largest absolute Gasteiger partial charge is 0.490 e. The van der Waals surface area contributed by atoms with Crippen molar-refractivity contribution < 1.29 is 27.4 Å². The summed E-state index contributed by atoms with van der Waals surface area (Å²) in [4.78, 5) is 21.4. The Balaban J connectivity index is 1.26. The van der Waals surface area contributed by atoms with Gasteiger partial charge < -0.3 is 24.0 Å². The molecule has 36 heavy (non-hydrogen) atoms. The topological polar surface area (TPSA) is 98.3 Å². The minimum Gasteiger partial charge on any atom is -0.490 e. The lowest BCUT2D eigenvalue weighted by atomic mass is 10.0. The third-order valence-electron chi connectivity index (χ3n) is 7.07. The van der Waals surface area contributed by atoms with E-state index in [1.165, 1.54) is 0 Å². The molecule has 0 radical (unpaired) electrons. The molecular weight excluding hydrogens is 482 g/mol. The Labute approximate surface area is 212 Å². The van der Waals surface area contributed by atoms with Crippen LogP contribution in [0, 0.1) is 12.8 Å². The minimum absolute atomic E-state index is 0.0550. The minimum atomic E-state index is -2.98. The van der Waals surface area contributed by atoms with Crippen molar-refractivity contribution in [3.63, 3.8) is 0 Å². The number of aromatic nitrogens is 1. The number of sulfone groups is 1. The van der Waals surface area contributed by atoms with Crippen LogP contribution in [-0.2, 0) is 14.6 Å². The monoisotopic (exact) mass is 515 g/mol. The van der Waals surface area contributed by atoms with Crippen LogP contribution in [0.2, 0.25) is 0 Å². The first kappa shape index (κ1) is 24.7. The lowest BCUT2D eigenvalue weighted by Crippen LogP contribution is -2.39. The molecule has 3 aliphatic heterocycles. The van der Waals surface area contributed by atoms with E-state index in [0.717, 1.165) is 34.9 Å². The van der Waals surface area contributed by atoms with E-state index in [2.05, 4.69) is 16.0 Å². The molecule has 2 fully saturated rings. The van der Waals surface area contributed by atoms with Crippen LogP contribution < -0.4 is 19.1 Å². The van der Waals surface area contributed by atoms with Gasteiger partial charge in [-0.1, -0.05) is 0 Å². The Morgan fingerprint density at radius 3 is 2.72 bits per heavy atom. The molecule has 194 valence electrons. The average Bonchev–Trinajstić information content (AvgIpc) is 3.33. The highest BCUT2D eigenvalue weighted by Crippen LogP contribution is 2.40. The summed E-state index contributed by atoms with van der Waals surface area (Å²) in [7, 11) is -2.98. The molecule has 0 saturated carbocycles. The number of fused-ring (bicyclic) bond motifs is 1. The molecule has 0 bridgehead atoms. The molecule has 0 N–H and O–H groups in total. The first-order valence-corrected chi connectivity index (χ1v) is 14.4. The molecule has 2 aromatic rings. The van der Waals surface area contributed by atoms with Gasteiger partial charge in [-0.15, -0.1) is 0 Å². The Morgan fingerprint density at radius 1 is 1.17 bits per heavy atom. The molecular formula is C26H33N3O6S. The van der Waals surface area contributed by atoms with Crippen LogP contribution in [0.3, 0.4) is 0 Å². The van der Waals surface area contributed by atoms with Crippen LogP contribution in [-0.4, -0.2) is 74.7 Å². The molecule has 1 atom stereocenters. The van der Waals surface area contributed by atoms with Gasteiger partial charge in [-0.3, -0.25) is 4.79 Å². The summed E-state index contributed by atoms with van der Waals surface area (Å²) in [6.45, 7) is 6.90. The summed E-state index contributed by atoms with van der Waals surface area (Å²) < 4.78 is 41.2. The van der Waals surface area contributed by atoms with E-state index < -0.39 is 9.84 Å². The molecule has 4 heterocycles. The molecule has 0 spiro atoms. The summed E-state index contributed by atoms with van der Waals surface area (Å²) >= 11 is 0. The molecule has 1 unspecified atom stereocenters. The van der Waals surface area contributed by atoms with Gasteiger partial charge in [0.1, 0.15) is 34.0 Å². The predicted octanol–water partition coefficient (Wildman–Crippen LogP) is 3.12. The number of nitrogens with zero attached hydrogens (tertiary/aromatic N) is 3. The van der Waals surface area contributed by atoms with Gasteiger partial charge in [0.15, 0.2) is 0 Å². The summed E-state index contributed by atoms with van der Waals surface area (Å²) in [5.41, 5.74) is 2.85. The number of likely N-dealkylation sites (tertiary alicyclic amines) is 1. The zero-order valence-electron chi connectivity index (χ0n) is 20.8. The number of benzene rings is 1. The Hall–Kier alpha value is -3.01. The molecule has 0 aliphatic carbocycles. The van der Waals surface area contributed by atoms with E-state index in [4.69, 9.17) is 14.2 Å². The maximum Gasteiger partial charge on any atom is 0.225 e. The van der Waals surface area contributed by atoms with Gasteiger partial charge in [0.2, 0.25) is 11.8 Å². The second-order valence-corrected chi connectivity index (χ2v) is 11.9. The number of aryl methyl sites for hydroxylation is 1. The highest BCUT2D eigenvalue weighted by Gasteiger charge is 2.35. The van der Waals surface area contributed by atoms with Gasteiger partial charge >= 0.3 is 0 Å². The van der Waals surface area contributed by atoms with Gasteiger partial charge in [0, 0.05) is 30.5 Å². The van der Waals surface area contributed by atoms with Gasteiger partial charge in [0.05, 0.1) is 48.8 Å². The number of rotatable bonds is 6. The van der Waals surface area contributed by atoms with Crippen LogP contribution in [0.15, 0.2) is 30.5 Å². The Morgan fingerprint density at radius 2 is 1.97 bits per heavy atom. The van der Waals surface area contributed by atoms with Crippen molar-refractivity contribution in [3.05, 3.63) is 36.0 Å². The molecule has 2 saturated heterocycles. The van der Waals surface area contributed by atoms with Gasteiger partial charge in [0.25, 0.3) is 0 Å². The van der Waals surface area contributed by atoms with Crippen molar-refractivity contribution in [2.45, 2.75) is 39.2 Å². The van der Waals surface area contributed by atoms with Gasteiger partial charge in [-0.25, -0.2) is 13.4 Å². The van der Waals surface area contributed by atoms with Crippen LogP contribution in [0.5, 0.6) is 17.4 Å². The van der Waals surface area contributed by atoms with E-state index in [1.807, 2.05) is 43.1 Å². The van der Waals surface area contributed by atoms with Gasteiger partial charge in [-0.05, 0) is 44.9 Å². The number of carbonyl (C=O) groups excluding carboxylic acids is 1. The van der Waals surface area contributed by atoms with Crippen molar-refractivity contribution in [3.8, 4) is 17.4 Å². The van der Waals surface area contributed by atoms with E-state index in [0.29, 0.717) is 51.6 Å². The second kappa shape index (κ2) is 10.2. The molecule has 3 aliphatic rings. The first-order chi connectivity index (χ1) is 17.3. The standard InChI is InChI=1S/C26H33N3O6S/c1-3-33-25-18(2)14-20(16-27-25)29-10-11-34-24-5-4-21(15-23(24)29)35-22-6-9-28(17-22)26(30)19-7-12-36(31,32)13-8-19/h4-5,14-16,19,22H,3,6-13,17H2,1-2H3. The van der Waals surface area contributed by atoms with Crippen LogP contribution in [0.4, 0.5) is 11.4 Å². The molecule has 5 rings (SSSR count). The van der Waals surface area contributed by atoms with Crippen LogP contribution >= 0.6 is 0 Å². The SMILES string of the molecule is CCOc1ncc(N2CCOc3ccc(OC4CCN(C(=O)C5CCS(=O)(=O)CC5)C4)cc32)cc1C. The summed E-state index contributed by atoms with van der Waals surface area (Å²) in [6.07, 6.45) is 3.30. The first-order valence-electron chi connectivity index (χ1n) is 12.6. The number of carbonyl (C=O) groups is 1. The quantitative estimate of drug-likeness (QED) is 0.579. The van der Waals surface area contributed by atoms with Crippen molar-refractivity contribution >= 4 is 27.1 Å². The van der Waals surface area contributed by atoms with Crippen molar-refractivity contribution in [1.29, 1.82) is 0 Å². The number of anilines is 2. The summed E-state index contributed by atoms with van der Waals surface area (Å²) in [5, 5.41) is 0. The van der Waals surface area contributed by atoms with E-state index in [-0.39, 0.29) is 29.4 Å². The predicted molar refractivity (Wildman–Crippen MR) is 136 cm³/mol. The number of hydrogen-bond donors (Lipinski definition) is 0. The third kappa shape index (κ3) is 5.23. The number of amides is 1. The Kier molecular flexibility index (Phi) is 6.96. The maximum absolute atomic E-state index is 12.9. The van der Waals surface area contributed by atoms with Crippen molar-refractivity contribution in [1.82, 2.24) is 9.88 Å². The van der Waals surface area contributed by atoms with Crippen molar-refractivity contribution in [2.75, 3.05) is 49.3 Å². The van der Waals surface area contributed by atoms with Crippen LogP contribution in [0.25, 0.3) is 0 Å². The fourth-order valence-corrected chi connectivity index (χ4v) is 6.63. The van der Waals surface area contributed by atoms with Crippen LogP contribution in [0.1, 0.15) is 31.7 Å². The zero-order valence-corrected chi connectivity index (χ0v) is 21.6. The summed E-state index contributed by atoms with van der Waals surface area (Å²) in [6, 6.07) is 7.88. The second-order valence-electron chi connectivity index (χ2n) is 9.62. The molecule has 1 amide bonds. The highest BCUT2D eigenvalue weighted by atomic mass is 32.2. The fourth-order valence-electron chi connectivity index (χ4n) is 5.13. The molecule has 10 heteroatoms. The Bertz CT molecular complexity index is 1220. The average molecular weight is 516 g/mol. The smallest absolute Gasteiger partial charge is 0.225 e. The highest BCUT2D eigenvalue weighted by molar-refractivity contribution is 7.91. The molecule has 1 aromatic heterocycles. The fraction of sp³-hybridized carbons (Fsp3) is 0.538. The number of ether oxygens (including phenoxy) is 3.